The summed E-state index contributed by atoms with van der Waals surface area (Å²) in [5, 5.41) is 9.64. The van der Waals surface area contributed by atoms with Crippen molar-refractivity contribution in [1.29, 1.82) is 0 Å². The average molecular weight is 415 g/mol. The van der Waals surface area contributed by atoms with Gasteiger partial charge in [-0.1, -0.05) is 104 Å². The summed E-state index contributed by atoms with van der Waals surface area (Å²) in [4.78, 5) is 0. The van der Waals surface area contributed by atoms with E-state index in [2.05, 4.69) is 20.8 Å². The highest BCUT2D eigenvalue weighted by Crippen LogP contribution is 2.14. The molecule has 0 aromatic carbocycles. The van der Waals surface area contributed by atoms with E-state index in [1.165, 1.54) is 83.5 Å². The Balaban J connectivity index is 3.86. The molecule has 3 nitrogen and oxygen atoms in total. The SMILES string of the molecule is CCCCCCCCOC(CCCCCCC(O)CC)OCCCCCCCC. The van der Waals surface area contributed by atoms with Gasteiger partial charge < -0.3 is 14.6 Å². The Morgan fingerprint density at radius 2 is 0.931 bits per heavy atom. The van der Waals surface area contributed by atoms with Gasteiger partial charge in [0.2, 0.25) is 0 Å². The molecule has 1 atom stereocenters. The molecule has 0 spiro atoms. The molecule has 0 heterocycles. The molecule has 0 aromatic rings. The van der Waals surface area contributed by atoms with E-state index >= 15 is 0 Å². The van der Waals surface area contributed by atoms with Gasteiger partial charge in [0.15, 0.2) is 6.29 Å². The number of rotatable bonds is 24. The number of ether oxygens (including phenoxy) is 2. The highest BCUT2D eigenvalue weighted by molar-refractivity contribution is 4.55. The van der Waals surface area contributed by atoms with Crippen molar-refractivity contribution in [2.24, 2.45) is 0 Å². The van der Waals surface area contributed by atoms with Crippen molar-refractivity contribution in [2.75, 3.05) is 13.2 Å². The minimum absolute atomic E-state index is 0.0116. The van der Waals surface area contributed by atoms with Crippen LogP contribution in [0.1, 0.15) is 143 Å². The van der Waals surface area contributed by atoms with Crippen LogP contribution in [0.3, 0.4) is 0 Å². The lowest BCUT2D eigenvalue weighted by Gasteiger charge is -2.19. The summed E-state index contributed by atoms with van der Waals surface area (Å²) in [6, 6.07) is 0. The van der Waals surface area contributed by atoms with Crippen molar-refractivity contribution >= 4 is 0 Å². The number of aliphatic hydroxyl groups is 1. The number of aliphatic hydroxyl groups excluding tert-OH is 1. The standard InChI is InChI=1S/C26H54O3/c1-4-7-9-11-15-19-23-28-26(29-24-20-16-12-10-8-5-2)22-18-14-13-17-21-25(27)6-3/h25-27H,4-24H2,1-3H3. The summed E-state index contributed by atoms with van der Waals surface area (Å²) in [6.07, 6.45) is 23.1. The molecular formula is C26H54O3. The van der Waals surface area contributed by atoms with Crippen LogP contribution < -0.4 is 0 Å². The molecule has 0 radical (unpaired) electrons. The van der Waals surface area contributed by atoms with Gasteiger partial charge in [-0.15, -0.1) is 0 Å². The lowest BCUT2D eigenvalue weighted by atomic mass is 10.1. The van der Waals surface area contributed by atoms with Crippen LogP contribution >= 0.6 is 0 Å². The second-order valence-corrected chi connectivity index (χ2v) is 8.76. The summed E-state index contributed by atoms with van der Waals surface area (Å²) >= 11 is 0. The summed E-state index contributed by atoms with van der Waals surface area (Å²) < 4.78 is 12.2. The van der Waals surface area contributed by atoms with Gasteiger partial charge in [-0.3, -0.25) is 0 Å². The second kappa shape index (κ2) is 24.2. The lowest BCUT2D eigenvalue weighted by Crippen LogP contribution is -2.19. The van der Waals surface area contributed by atoms with Crippen molar-refractivity contribution in [3.63, 3.8) is 0 Å². The molecule has 0 aromatic heterocycles. The van der Waals surface area contributed by atoms with Crippen LogP contribution in [-0.4, -0.2) is 30.7 Å². The smallest absolute Gasteiger partial charge is 0.157 e. The number of hydrogen-bond acceptors (Lipinski definition) is 3. The average Bonchev–Trinajstić information content (AvgIpc) is 2.73. The third kappa shape index (κ3) is 22.4. The minimum atomic E-state index is -0.107. The predicted molar refractivity (Wildman–Crippen MR) is 126 cm³/mol. The molecule has 3 heteroatoms. The Labute approximate surface area is 183 Å². The first-order valence-corrected chi connectivity index (χ1v) is 13.2. The summed E-state index contributed by atoms with van der Waals surface area (Å²) in [7, 11) is 0. The van der Waals surface area contributed by atoms with E-state index in [1.807, 2.05) is 0 Å². The third-order valence-corrected chi connectivity index (χ3v) is 5.80. The zero-order chi connectivity index (χ0) is 21.4. The molecule has 0 aliphatic rings. The fourth-order valence-corrected chi connectivity index (χ4v) is 3.66. The largest absolute Gasteiger partial charge is 0.393 e. The molecule has 1 unspecified atom stereocenters. The predicted octanol–water partition coefficient (Wildman–Crippen LogP) is 8.18. The van der Waals surface area contributed by atoms with Gasteiger partial charge in [-0.05, 0) is 38.5 Å². The van der Waals surface area contributed by atoms with E-state index in [0.717, 1.165) is 51.7 Å². The molecule has 0 aliphatic heterocycles. The first-order valence-electron chi connectivity index (χ1n) is 13.2. The molecule has 176 valence electrons. The Kier molecular flexibility index (Phi) is 24.1. The first-order chi connectivity index (χ1) is 14.2. The van der Waals surface area contributed by atoms with Gasteiger partial charge in [-0.2, -0.15) is 0 Å². The van der Waals surface area contributed by atoms with E-state index in [4.69, 9.17) is 9.47 Å². The van der Waals surface area contributed by atoms with Gasteiger partial charge in [0.1, 0.15) is 0 Å². The summed E-state index contributed by atoms with van der Waals surface area (Å²) in [6.45, 7) is 8.27. The van der Waals surface area contributed by atoms with Crippen LogP contribution in [0.25, 0.3) is 0 Å². The molecule has 0 bridgehead atoms. The molecule has 0 amide bonds. The van der Waals surface area contributed by atoms with Crippen LogP contribution in [0.4, 0.5) is 0 Å². The Bertz CT molecular complexity index is 278. The first kappa shape index (κ1) is 28.9. The molecular weight excluding hydrogens is 360 g/mol. The highest BCUT2D eigenvalue weighted by Gasteiger charge is 2.09. The van der Waals surface area contributed by atoms with E-state index in [1.54, 1.807) is 0 Å². The Morgan fingerprint density at radius 1 is 0.517 bits per heavy atom. The van der Waals surface area contributed by atoms with E-state index in [0.29, 0.717) is 0 Å². The number of unbranched alkanes of at least 4 members (excludes halogenated alkanes) is 13. The number of hydrogen-bond donors (Lipinski definition) is 1. The maximum absolute atomic E-state index is 9.64. The highest BCUT2D eigenvalue weighted by atomic mass is 16.7. The summed E-state index contributed by atoms with van der Waals surface area (Å²) in [5.74, 6) is 0. The lowest BCUT2D eigenvalue weighted by molar-refractivity contribution is -0.148. The van der Waals surface area contributed by atoms with Crippen molar-refractivity contribution in [1.82, 2.24) is 0 Å². The molecule has 0 aliphatic carbocycles. The second-order valence-electron chi connectivity index (χ2n) is 8.76. The third-order valence-electron chi connectivity index (χ3n) is 5.80. The normalized spacial score (nSPS) is 12.7. The van der Waals surface area contributed by atoms with Crippen LogP contribution in [0.15, 0.2) is 0 Å². The van der Waals surface area contributed by atoms with E-state index < -0.39 is 0 Å². The minimum Gasteiger partial charge on any atom is -0.393 e. The maximum Gasteiger partial charge on any atom is 0.157 e. The Hall–Kier alpha value is -0.120. The fourth-order valence-electron chi connectivity index (χ4n) is 3.66. The molecule has 0 rings (SSSR count). The zero-order valence-corrected chi connectivity index (χ0v) is 20.3. The van der Waals surface area contributed by atoms with E-state index in [9.17, 15) is 5.11 Å². The maximum atomic E-state index is 9.64. The zero-order valence-electron chi connectivity index (χ0n) is 20.3. The van der Waals surface area contributed by atoms with Crippen molar-refractivity contribution in [2.45, 2.75) is 155 Å². The van der Waals surface area contributed by atoms with Crippen molar-refractivity contribution in [3.05, 3.63) is 0 Å². The van der Waals surface area contributed by atoms with Crippen molar-refractivity contribution in [3.8, 4) is 0 Å². The van der Waals surface area contributed by atoms with Gasteiger partial charge in [0, 0.05) is 13.2 Å². The topological polar surface area (TPSA) is 38.7 Å². The molecule has 0 fully saturated rings. The van der Waals surface area contributed by atoms with Crippen molar-refractivity contribution < 1.29 is 14.6 Å². The van der Waals surface area contributed by atoms with Crippen LogP contribution in [0.5, 0.6) is 0 Å². The molecule has 0 saturated carbocycles. The monoisotopic (exact) mass is 414 g/mol. The van der Waals surface area contributed by atoms with Gasteiger partial charge >= 0.3 is 0 Å². The molecule has 1 N–H and O–H groups in total. The molecule has 29 heavy (non-hydrogen) atoms. The van der Waals surface area contributed by atoms with E-state index in [-0.39, 0.29) is 12.4 Å². The van der Waals surface area contributed by atoms with Crippen LogP contribution in [0.2, 0.25) is 0 Å². The fraction of sp³-hybridized carbons (Fsp3) is 1.00. The summed E-state index contributed by atoms with van der Waals surface area (Å²) in [5.41, 5.74) is 0. The van der Waals surface area contributed by atoms with Gasteiger partial charge in [-0.25, -0.2) is 0 Å². The molecule has 0 saturated heterocycles. The van der Waals surface area contributed by atoms with Crippen LogP contribution in [-0.2, 0) is 9.47 Å². The van der Waals surface area contributed by atoms with Gasteiger partial charge in [0.05, 0.1) is 6.10 Å². The quantitative estimate of drug-likeness (QED) is 0.128. The van der Waals surface area contributed by atoms with Gasteiger partial charge in [0.25, 0.3) is 0 Å². The Morgan fingerprint density at radius 3 is 1.41 bits per heavy atom. The van der Waals surface area contributed by atoms with Crippen LogP contribution in [0, 0.1) is 0 Å².